The van der Waals surface area contributed by atoms with Crippen molar-refractivity contribution >= 4 is 11.8 Å². The van der Waals surface area contributed by atoms with Gasteiger partial charge in [-0.3, -0.25) is 0 Å². The van der Waals surface area contributed by atoms with Gasteiger partial charge in [0, 0.05) is 38.8 Å². The minimum Gasteiger partial charge on any atom is -0.469 e. The summed E-state index contributed by atoms with van der Waals surface area (Å²) in [5.74, 6) is 2.89. The van der Waals surface area contributed by atoms with Crippen LogP contribution in [0.3, 0.4) is 0 Å². The van der Waals surface area contributed by atoms with Crippen molar-refractivity contribution in [3.63, 3.8) is 0 Å². The molecule has 0 unspecified atom stereocenters. The number of aromatic nitrogens is 1. The van der Waals surface area contributed by atoms with E-state index in [9.17, 15) is 0 Å². The van der Waals surface area contributed by atoms with Gasteiger partial charge in [-0.2, -0.15) is 0 Å². The molecule has 1 aliphatic heterocycles. The van der Waals surface area contributed by atoms with Gasteiger partial charge in [-0.05, 0) is 43.5 Å². The number of pyridine rings is 1. The average Bonchev–Trinajstić information content (AvgIpc) is 3.06. The van der Waals surface area contributed by atoms with Crippen LogP contribution in [0, 0.1) is 0 Å². The molecule has 2 N–H and O–H groups in total. The molecule has 0 aromatic carbocycles. The van der Waals surface area contributed by atoms with Crippen molar-refractivity contribution in [1.29, 1.82) is 0 Å². The van der Waals surface area contributed by atoms with Gasteiger partial charge in [-0.15, -0.1) is 0 Å². The summed E-state index contributed by atoms with van der Waals surface area (Å²) in [6, 6.07) is 8.18. The molecule has 6 nitrogen and oxygen atoms in total. The van der Waals surface area contributed by atoms with Gasteiger partial charge in [0.05, 0.1) is 12.8 Å². The lowest BCUT2D eigenvalue weighted by Crippen LogP contribution is -2.38. The molecular formula is C21H31N5O. The molecule has 0 bridgehead atoms. The Hall–Kier alpha value is -2.50. The van der Waals surface area contributed by atoms with Crippen LogP contribution in [0.1, 0.15) is 43.9 Å². The molecule has 0 radical (unpaired) electrons. The maximum absolute atomic E-state index is 5.36. The van der Waals surface area contributed by atoms with E-state index in [1.165, 1.54) is 25.7 Å². The van der Waals surface area contributed by atoms with Crippen molar-refractivity contribution in [1.82, 2.24) is 15.6 Å². The fourth-order valence-electron chi connectivity index (χ4n) is 3.27. The Bertz CT molecular complexity index is 673. The SMILES string of the molecule is CCNC(=NCc1ccc(N2CCCCCC2)nc1)NCCc1ccco1. The van der Waals surface area contributed by atoms with Crippen molar-refractivity contribution in [2.45, 2.75) is 45.6 Å². The number of hydrogen-bond donors (Lipinski definition) is 2. The second-order valence-electron chi connectivity index (χ2n) is 6.88. The van der Waals surface area contributed by atoms with E-state index in [4.69, 9.17) is 4.42 Å². The van der Waals surface area contributed by atoms with Gasteiger partial charge in [0.25, 0.3) is 0 Å². The Morgan fingerprint density at radius 3 is 2.67 bits per heavy atom. The van der Waals surface area contributed by atoms with Gasteiger partial charge in [0.1, 0.15) is 11.6 Å². The summed E-state index contributed by atoms with van der Waals surface area (Å²) in [6.07, 6.45) is 9.70. The van der Waals surface area contributed by atoms with Gasteiger partial charge in [-0.25, -0.2) is 9.98 Å². The maximum Gasteiger partial charge on any atom is 0.191 e. The molecule has 0 spiro atoms. The van der Waals surface area contributed by atoms with E-state index in [0.717, 1.165) is 55.7 Å². The zero-order valence-corrected chi connectivity index (χ0v) is 16.3. The highest BCUT2D eigenvalue weighted by Gasteiger charge is 2.10. The van der Waals surface area contributed by atoms with Gasteiger partial charge in [0.15, 0.2) is 5.96 Å². The molecule has 27 heavy (non-hydrogen) atoms. The van der Waals surface area contributed by atoms with Gasteiger partial charge >= 0.3 is 0 Å². The molecule has 2 aromatic heterocycles. The molecular weight excluding hydrogens is 338 g/mol. The third-order valence-corrected chi connectivity index (χ3v) is 4.75. The Morgan fingerprint density at radius 1 is 1.15 bits per heavy atom. The van der Waals surface area contributed by atoms with Crippen molar-refractivity contribution in [2.24, 2.45) is 4.99 Å². The highest BCUT2D eigenvalue weighted by atomic mass is 16.3. The van der Waals surface area contributed by atoms with E-state index in [-0.39, 0.29) is 0 Å². The van der Waals surface area contributed by atoms with Gasteiger partial charge < -0.3 is 20.0 Å². The van der Waals surface area contributed by atoms with Crippen LogP contribution >= 0.6 is 0 Å². The van der Waals surface area contributed by atoms with Crippen LogP contribution in [0.15, 0.2) is 46.1 Å². The molecule has 146 valence electrons. The smallest absolute Gasteiger partial charge is 0.191 e. The Balaban J connectivity index is 1.51. The normalized spacial score (nSPS) is 15.4. The zero-order chi connectivity index (χ0) is 18.7. The number of hydrogen-bond acceptors (Lipinski definition) is 4. The van der Waals surface area contributed by atoms with E-state index < -0.39 is 0 Å². The Morgan fingerprint density at radius 2 is 2.00 bits per heavy atom. The third-order valence-electron chi connectivity index (χ3n) is 4.75. The summed E-state index contributed by atoms with van der Waals surface area (Å²) in [6.45, 7) is 6.54. The molecule has 6 heteroatoms. The van der Waals surface area contributed by atoms with Gasteiger partial charge in [0.2, 0.25) is 0 Å². The zero-order valence-electron chi connectivity index (χ0n) is 16.3. The lowest BCUT2D eigenvalue weighted by molar-refractivity contribution is 0.507. The summed E-state index contributed by atoms with van der Waals surface area (Å²) in [5, 5.41) is 6.63. The first-order valence-electron chi connectivity index (χ1n) is 10.1. The average molecular weight is 370 g/mol. The first-order valence-corrected chi connectivity index (χ1v) is 10.1. The summed E-state index contributed by atoms with van der Waals surface area (Å²) in [7, 11) is 0. The van der Waals surface area contributed by atoms with Crippen LogP contribution in [0.2, 0.25) is 0 Å². The second-order valence-corrected chi connectivity index (χ2v) is 6.88. The largest absolute Gasteiger partial charge is 0.469 e. The number of nitrogens with zero attached hydrogens (tertiary/aromatic N) is 3. The molecule has 0 aliphatic carbocycles. The maximum atomic E-state index is 5.36. The van der Waals surface area contributed by atoms with Crippen LogP contribution in [-0.2, 0) is 13.0 Å². The lowest BCUT2D eigenvalue weighted by atomic mass is 10.2. The number of furan rings is 1. The molecule has 2 aromatic rings. The minimum atomic E-state index is 0.614. The number of nitrogens with one attached hydrogen (secondary N) is 2. The fourth-order valence-corrected chi connectivity index (χ4v) is 3.27. The monoisotopic (exact) mass is 369 g/mol. The standard InChI is InChI=1S/C21H31N5O/c1-2-22-21(23-12-11-19-8-7-15-27-19)25-17-18-9-10-20(24-16-18)26-13-5-3-4-6-14-26/h7-10,15-16H,2-6,11-14,17H2,1H3,(H2,22,23,25). The molecule has 1 aliphatic rings. The third kappa shape index (κ3) is 6.31. The molecule has 0 saturated carbocycles. The number of rotatable bonds is 7. The van der Waals surface area contributed by atoms with E-state index in [1.807, 2.05) is 18.3 Å². The van der Waals surface area contributed by atoms with Crippen LogP contribution in [0.25, 0.3) is 0 Å². The van der Waals surface area contributed by atoms with Crippen molar-refractivity contribution < 1.29 is 4.42 Å². The molecule has 0 atom stereocenters. The van der Waals surface area contributed by atoms with Gasteiger partial charge in [-0.1, -0.05) is 18.9 Å². The molecule has 0 amide bonds. The first-order chi connectivity index (χ1) is 13.3. The topological polar surface area (TPSA) is 65.7 Å². The number of guanidine groups is 1. The van der Waals surface area contributed by atoms with Crippen LogP contribution in [0.4, 0.5) is 5.82 Å². The quantitative estimate of drug-likeness (QED) is 0.579. The highest BCUT2D eigenvalue weighted by Crippen LogP contribution is 2.17. The minimum absolute atomic E-state index is 0.614. The predicted octanol–water partition coefficient (Wildman–Crippen LogP) is 3.35. The predicted molar refractivity (Wildman–Crippen MR) is 110 cm³/mol. The highest BCUT2D eigenvalue weighted by molar-refractivity contribution is 5.79. The Kier molecular flexibility index (Phi) is 7.56. The number of aliphatic imine (C=N–C) groups is 1. The van der Waals surface area contributed by atoms with E-state index in [2.05, 4.69) is 44.6 Å². The molecule has 1 saturated heterocycles. The van der Waals surface area contributed by atoms with Crippen LogP contribution in [0.5, 0.6) is 0 Å². The Labute approximate surface area is 162 Å². The van der Waals surface area contributed by atoms with Crippen molar-refractivity contribution in [3.8, 4) is 0 Å². The molecule has 1 fully saturated rings. The van der Waals surface area contributed by atoms with E-state index in [0.29, 0.717) is 6.54 Å². The van der Waals surface area contributed by atoms with E-state index >= 15 is 0 Å². The molecule has 3 heterocycles. The molecule has 3 rings (SSSR count). The van der Waals surface area contributed by atoms with Crippen molar-refractivity contribution in [3.05, 3.63) is 48.0 Å². The summed E-state index contributed by atoms with van der Waals surface area (Å²) >= 11 is 0. The first kappa shape index (κ1) is 19.3. The summed E-state index contributed by atoms with van der Waals surface area (Å²) in [4.78, 5) is 11.7. The summed E-state index contributed by atoms with van der Waals surface area (Å²) < 4.78 is 5.36. The summed E-state index contributed by atoms with van der Waals surface area (Å²) in [5.41, 5.74) is 1.12. The van der Waals surface area contributed by atoms with E-state index in [1.54, 1.807) is 6.26 Å². The van der Waals surface area contributed by atoms with Crippen LogP contribution < -0.4 is 15.5 Å². The fraction of sp³-hybridized carbons (Fsp3) is 0.524. The second kappa shape index (κ2) is 10.6. The van der Waals surface area contributed by atoms with Crippen LogP contribution in [-0.4, -0.2) is 37.1 Å². The van der Waals surface area contributed by atoms with Crippen molar-refractivity contribution in [2.75, 3.05) is 31.1 Å². The lowest BCUT2D eigenvalue weighted by Gasteiger charge is -2.21. The number of anilines is 1.